The zero-order valence-corrected chi connectivity index (χ0v) is 54.3. The van der Waals surface area contributed by atoms with Gasteiger partial charge < -0.3 is 53.7 Å². The number of aromatic nitrogens is 6. The third-order valence-electron chi connectivity index (χ3n) is 18.6. The number of unbranched alkanes of at least 4 members (excludes halogenated alkanes) is 1. The summed E-state index contributed by atoms with van der Waals surface area (Å²) in [5.74, 6) is -1.56. The predicted molar refractivity (Wildman–Crippen MR) is 342 cm³/mol. The molecule has 2 aromatic carbocycles. The summed E-state index contributed by atoms with van der Waals surface area (Å²) in [6.07, 6.45) is 7.00. The fraction of sp³-hybridized carbons (Fsp3) is 0.603. The lowest BCUT2D eigenvalue weighted by Crippen LogP contribution is -2.47. The number of carbonyl (C=O) groups is 5. The highest BCUT2D eigenvalue weighted by Gasteiger charge is 2.33. The van der Waals surface area contributed by atoms with E-state index in [1.807, 2.05) is 20.8 Å². The van der Waals surface area contributed by atoms with Gasteiger partial charge in [-0.1, -0.05) is 10.3 Å². The molecule has 0 saturated carbocycles. The van der Waals surface area contributed by atoms with Crippen LogP contribution in [0, 0.1) is 25.5 Å². The number of carbonyl (C=O) groups excluding carboxylic acids is 5. The standard InChI is InChI=1S/C68H89F2N11O13/c1-4-89-39-40-90-38-29-72-66(86)53(75-59(83)15-8-17-61(85)92-55-13-10-31-81-65(55)74-44(3)50(68(81)88)27-37-79-34-24-46(25-35-79)63-52-21-19-48(70)42-57(52)94-77-63)11-5-6-28-71-58(82)14-7-16-60(84)91-54-12-9-30-80-64(54)73-43(2)49(67(80)87)26-36-78-32-22-45(23-33-78)62-51-20-18-47(69)41-56(51)93-76-62/h18-21,41-42,45-46,53-55H,4-17,22-40H2,1-3H3,(H,71,82)(H,72,86)(H,75,83). The highest BCUT2D eigenvalue weighted by atomic mass is 19.1. The molecule has 0 radical (unpaired) electrons. The second kappa shape index (κ2) is 33.5. The lowest BCUT2D eigenvalue weighted by molar-refractivity contribution is -0.152. The molecule has 94 heavy (non-hydrogen) atoms. The van der Waals surface area contributed by atoms with Crippen LogP contribution in [0.5, 0.6) is 0 Å². The molecule has 3 unspecified atom stereocenters. The van der Waals surface area contributed by atoms with Crippen molar-refractivity contribution in [3.8, 4) is 0 Å². The van der Waals surface area contributed by atoms with Crippen LogP contribution in [-0.4, -0.2) is 154 Å². The summed E-state index contributed by atoms with van der Waals surface area (Å²) in [5.41, 5.74) is 4.84. The third-order valence-corrected chi connectivity index (χ3v) is 18.6. The average molecular weight is 1310 g/mol. The Hall–Kier alpha value is -7.81. The van der Waals surface area contributed by atoms with Gasteiger partial charge in [0, 0.05) is 129 Å². The number of hydrogen-bond acceptors (Lipinski definition) is 19. The van der Waals surface area contributed by atoms with Crippen molar-refractivity contribution in [3.05, 3.63) is 114 Å². The Balaban J connectivity index is 0.617. The number of fused-ring (bicyclic) bond motifs is 4. The van der Waals surface area contributed by atoms with Crippen LogP contribution in [0.25, 0.3) is 21.9 Å². The van der Waals surface area contributed by atoms with E-state index in [0.717, 1.165) is 74.0 Å². The minimum Gasteiger partial charge on any atom is -0.454 e. The number of benzene rings is 2. The molecule has 10 rings (SSSR count). The SMILES string of the molecule is CCOCCOCCNC(=O)C(CCCCNC(=O)CCCC(=O)OC1CCCn2c1nc(C)c(CCN1CCC(c3noc4cc(F)ccc34)CC1)c2=O)NC(=O)CCCC(=O)OC1CCCn2c1nc(C)c(CCN1CCC(c3noc4cc(F)ccc34)CC1)c2=O. The summed E-state index contributed by atoms with van der Waals surface area (Å²) in [4.78, 5) is 108. The maximum absolute atomic E-state index is 13.9. The lowest BCUT2D eigenvalue weighted by atomic mass is 9.91. The molecule has 3 amide bonds. The number of nitrogens with zero attached hydrogens (tertiary/aromatic N) is 8. The molecular weight excluding hydrogens is 1220 g/mol. The van der Waals surface area contributed by atoms with Gasteiger partial charge >= 0.3 is 11.9 Å². The molecule has 0 spiro atoms. The summed E-state index contributed by atoms with van der Waals surface area (Å²) in [5, 5.41) is 18.7. The Morgan fingerprint density at radius 1 is 0.596 bits per heavy atom. The van der Waals surface area contributed by atoms with Gasteiger partial charge in [-0.3, -0.25) is 42.7 Å². The van der Waals surface area contributed by atoms with E-state index in [1.165, 1.54) is 24.3 Å². The van der Waals surface area contributed by atoms with E-state index in [9.17, 15) is 42.3 Å². The second-order valence-corrected chi connectivity index (χ2v) is 25.1. The summed E-state index contributed by atoms with van der Waals surface area (Å²) < 4.78 is 64.2. The molecule has 2 fully saturated rings. The van der Waals surface area contributed by atoms with Crippen LogP contribution in [-0.2, 0) is 68.9 Å². The number of esters is 2. The summed E-state index contributed by atoms with van der Waals surface area (Å²) in [6.45, 7) is 13.2. The molecule has 24 nitrogen and oxygen atoms in total. The van der Waals surface area contributed by atoms with Crippen molar-refractivity contribution in [1.82, 2.24) is 55.2 Å². The average Bonchev–Trinajstić information content (AvgIpc) is 1.09. The van der Waals surface area contributed by atoms with Crippen LogP contribution in [0.3, 0.4) is 0 Å². The molecule has 0 bridgehead atoms. The van der Waals surface area contributed by atoms with E-state index >= 15 is 0 Å². The van der Waals surface area contributed by atoms with E-state index in [-0.39, 0.29) is 98.6 Å². The van der Waals surface area contributed by atoms with Gasteiger partial charge in [-0.25, -0.2) is 18.7 Å². The number of rotatable bonds is 32. The van der Waals surface area contributed by atoms with Crippen molar-refractivity contribution in [2.45, 2.75) is 186 Å². The van der Waals surface area contributed by atoms with Crippen molar-refractivity contribution < 1.29 is 60.7 Å². The Labute approximate surface area is 544 Å². The summed E-state index contributed by atoms with van der Waals surface area (Å²) in [6, 6.07) is 8.11. The molecule has 4 aliphatic heterocycles. The smallest absolute Gasteiger partial charge is 0.306 e. The number of ether oxygens (including phenoxy) is 4. The predicted octanol–water partition coefficient (Wildman–Crippen LogP) is 7.56. The van der Waals surface area contributed by atoms with Crippen molar-refractivity contribution in [2.75, 3.05) is 78.8 Å². The molecule has 2 saturated heterocycles. The van der Waals surface area contributed by atoms with Crippen molar-refractivity contribution in [2.24, 2.45) is 0 Å². The van der Waals surface area contributed by atoms with Gasteiger partial charge in [0.05, 0.1) is 31.2 Å². The number of nitrogens with one attached hydrogen (secondary N) is 3. The Bertz CT molecular complexity index is 3720. The van der Waals surface area contributed by atoms with Gasteiger partial charge in [-0.2, -0.15) is 0 Å². The quantitative estimate of drug-likeness (QED) is 0.0271. The van der Waals surface area contributed by atoms with Gasteiger partial charge in [-0.15, -0.1) is 0 Å². The van der Waals surface area contributed by atoms with Crippen LogP contribution in [0.2, 0.25) is 0 Å². The van der Waals surface area contributed by atoms with E-state index in [4.69, 9.17) is 38.0 Å². The number of hydrogen-bond donors (Lipinski definition) is 3. The van der Waals surface area contributed by atoms with Crippen LogP contribution < -0.4 is 27.1 Å². The highest BCUT2D eigenvalue weighted by Crippen LogP contribution is 2.35. The number of halogens is 2. The molecule has 508 valence electrons. The molecule has 0 aliphatic carbocycles. The van der Waals surface area contributed by atoms with E-state index < -0.39 is 42.0 Å². The topological polar surface area (TPSA) is 287 Å². The lowest BCUT2D eigenvalue weighted by Gasteiger charge is -2.31. The molecule has 6 aromatic rings. The normalized spacial score (nSPS) is 17.6. The summed E-state index contributed by atoms with van der Waals surface area (Å²) >= 11 is 0. The molecule has 4 aliphatic rings. The largest absolute Gasteiger partial charge is 0.454 e. The zero-order chi connectivity index (χ0) is 66.1. The molecule has 8 heterocycles. The van der Waals surface area contributed by atoms with E-state index in [0.29, 0.717) is 149 Å². The van der Waals surface area contributed by atoms with Gasteiger partial charge in [-0.05, 0) is 168 Å². The first-order valence-electron chi connectivity index (χ1n) is 33.7. The van der Waals surface area contributed by atoms with Gasteiger partial charge in [0.1, 0.15) is 17.7 Å². The minimum absolute atomic E-state index is 0.000277. The third kappa shape index (κ3) is 18.1. The zero-order valence-electron chi connectivity index (χ0n) is 54.3. The first kappa shape index (κ1) is 69.0. The Morgan fingerprint density at radius 3 is 1.61 bits per heavy atom. The van der Waals surface area contributed by atoms with Crippen LogP contribution in [0.15, 0.2) is 55.0 Å². The maximum Gasteiger partial charge on any atom is 0.306 e. The van der Waals surface area contributed by atoms with Gasteiger partial charge in [0.2, 0.25) is 17.7 Å². The minimum atomic E-state index is -0.894. The number of aryl methyl sites for hydroxylation is 2. The van der Waals surface area contributed by atoms with Crippen LogP contribution in [0.4, 0.5) is 8.78 Å². The Kier molecular flexibility index (Phi) is 24.6. The van der Waals surface area contributed by atoms with Gasteiger partial charge in [0.15, 0.2) is 35.0 Å². The highest BCUT2D eigenvalue weighted by molar-refractivity contribution is 5.88. The number of likely N-dealkylation sites (tertiary alicyclic amines) is 2. The number of piperidine rings is 2. The number of amides is 3. The molecule has 4 aromatic heterocycles. The van der Waals surface area contributed by atoms with E-state index in [1.54, 1.807) is 21.3 Å². The maximum atomic E-state index is 13.9. The fourth-order valence-electron chi connectivity index (χ4n) is 13.4. The van der Waals surface area contributed by atoms with Crippen molar-refractivity contribution in [3.63, 3.8) is 0 Å². The van der Waals surface area contributed by atoms with E-state index in [2.05, 4.69) is 36.1 Å². The van der Waals surface area contributed by atoms with Crippen molar-refractivity contribution in [1.29, 1.82) is 0 Å². The van der Waals surface area contributed by atoms with Crippen LogP contribution in [0.1, 0.15) is 186 Å². The Morgan fingerprint density at radius 2 is 1.10 bits per heavy atom. The first-order valence-corrected chi connectivity index (χ1v) is 33.7. The first-order chi connectivity index (χ1) is 45.6. The van der Waals surface area contributed by atoms with Crippen LogP contribution >= 0.6 is 0 Å². The summed E-state index contributed by atoms with van der Waals surface area (Å²) in [7, 11) is 0. The second-order valence-electron chi connectivity index (χ2n) is 25.1. The molecular formula is C68H89F2N11O13. The fourth-order valence-corrected chi connectivity index (χ4v) is 13.4. The van der Waals surface area contributed by atoms with Gasteiger partial charge in [0.25, 0.3) is 11.1 Å². The molecule has 26 heteroatoms. The molecule has 3 N–H and O–H groups in total. The monoisotopic (exact) mass is 1310 g/mol. The molecule has 3 atom stereocenters. The van der Waals surface area contributed by atoms with Crippen molar-refractivity contribution >= 4 is 51.6 Å².